The monoisotopic (exact) mass is 348 g/mol. The minimum absolute atomic E-state index is 0. The summed E-state index contributed by atoms with van der Waals surface area (Å²) in [6.07, 6.45) is 0. The molecule has 0 saturated carbocycles. The second-order valence-electron chi connectivity index (χ2n) is 0. The van der Waals surface area contributed by atoms with E-state index in [0.717, 1.165) is 0 Å². The zero-order chi connectivity index (χ0) is 0. The van der Waals surface area contributed by atoms with Crippen molar-refractivity contribution in [3.8, 4) is 0 Å². The average Bonchev–Trinajstić information content (AvgIpc) is 0. The van der Waals surface area contributed by atoms with Gasteiger partial charge in [-0.15, -0.1) is 0 Å². The Morgan fingerprint density at radius 2 is 0.375 bits per heavy atom. The van der Waals surface area contributed by atoms with Crippen LogP contribution in [0, 0.1) is 0 Å². The summed E-state index contributed by atoms with van der Waals surface area (Å²) in [7, 11) is 0. The van der Waals surface area contributed by atoms with Gasteiger partial charge in [0.05, 0.1) is 0 Å². The number of hydrogen-bond donors (Lipinski definition) is 0. The summed E-state index contributed by atoms with van der Waals surface area (Å²) in [6, 6.07) is 0. The summed E-state index contributed by atoms with van der Waals surface area (Å²) in [5.74, 6) is 0. The van der Waals surface area contributed by atoms with E-state index in [1.807, 2.05) is 0 Å². The second kappa shape index (κ2) is 320. The third-order valence-electron chi connectivity index (χ3n) is 0. The molecule has 0 heterocycles. The van der Waals surface area contributed by atoms with Crippen LogP contribution in [-0.2, 0) is 22.4 Å². The van der Waals surface area contributed by atoms with E-state index in [-0.39, 0.29) is 75.0 Å². The molecule has 0 rings (SSSR count). The molecular weight excluding hydrogens is 344 g/mol. The van der Waals surface area contributed by atoms with E-state index in [1.54, 1.807) is 0 Å². The standard InChI is InChI=1S/Ag.6FH.Sb/h;6*1H;/q+1;;;;;;;. The van der Waals surface area contributed by atoms with Gasteiger partial charge in [-0.3, -0.25) is 28.2 Å². The zero-order valence-electron chi connectivity index (χ0n) is 3.20. The Labute approximate surface area is 74.9 Å². The Kier molecular flexibility index (Phi) is 18700. The molecule has 0 aliphatic rings. The van der Waals surface area contributed by atoms with Crippen LogP contribution in [0.1, 0.15) is 0 Å². The summed E-state index contributed by atoms with van der Waals surface area (Å²) >= 11 is 0. The maximum absolute atomic E-state index is 0. The summed E-state index contributed by atoms with van der Waals surface area (Å²) in [4.78, 5) is 0. The molecule has 0 bridgehead atoms. The maximum atomic E-state index is 0. The first-order chi connectivity index (χ1) is 0. The zero-order valence-corrected chi connectivity index (χ0v) is 7.23. The molecule has 3 radical (unpaired) electrons. The number of rotatable bonds is 0. The van der Waals surface area contributed by atoms with Gasteiger partial charge < -0.3 is 0 Å². The molecule has 0 spiro atoms. The molecule has 0 fully saturated rings. The van der Waals surface area contributed by atoms with Crippen molar-refractivity contribution in [2.45, 2.75) is 0 Å². The predicted molar refractivity (Wildman–Crippen MR) is 20.8 cm³/mol. The van der Waals surface area contributed by atoms with Crippen LogP contribution in [0.5, 0.6) is 0 Å². The second-order valence-corrected chi connectivity index (χ2v) is 0. The first-order valence-electron chi connectivity index (χ1n) is 0. The molecule has 8 heteroatoms. The molecule has 0 saturated heterocycles. The van der Waals surface area contributed by atoms with Gasteiger partial charge in [0.15, 0.2) is 0 Å². The molecule has 0 aliphatic carbocycles. The molecule has 0 aromatic rings. The Hall–Kier alpha value is 1.14. The van der Waals surface area contributed by atoms with Crippen molar-refractivity contribution < 1.29 is 50.6 Å². The fourth-order valence-electron chi connectivity index (χ4n) is 0. The van der Waals surface area contributed by atoms with Gasteiger partial charge in [0.25, 0.3) is 0 Å². The number of halogens is 6. The predicted octanol–water partition coefficient (Wildman–Crippen LogP) is 0.532. The summed E-state index contributed by atoms with van der Waals surface area (Å²) in [5.41, 5.74) is 0. The van der Waals surface area contributed by atoms with Crippen LogP contribution in [0.15, 0.2) is 0 Å². The Morgan fingerprint density at radius 3 is 0.375 bits per heavy atom. The topological polar surface area (TPSA) is 0 Å². The molecule has 0 aromatic heterocycles. The molecule has 8 heavy (non-hydrogen) atoms. The van der Waals surface area contributed by atoms with Gasteiger partial charge in [0.1, 0.15) is 0 Å². The van der Waals surface area contributed by atoms with Gasteiger partial charge >= 0.3 is 22.4 Å². The van der Waals surface area contributed by atoms with Crippen molar-refractivity contribution in [3.63, 3.8) is 0 Å². The number of hydrogen-bond acceptors (Lipinski definition) is 0. The van der Waals surface area contributed by atoms with E-state index in [2.05, 4.69) is 0 Å². The minimum atomic E-state index is 0. The maximum Gasteiger partial charge on any atom is 1.00 e. The van der Waals surface area contributed by atoms with Crippen molar-refractivity contribution in [1.29, 1.82) is 0 Å². The van der Waals surface area contributed by atoms with E-state index in [1.165, 1.54) is 0 Å². The van der Waals surface area contributed by atoms with Gasteiger partial charge in [0.2, 0.25) is 0 Å². The molecular formula is H6AgF6Sb+. The molecule has 0 aromatic carbocycles. The van der Waals surface area contributed by atoms with Crippen molar-refractivity contribution in [3.05, 3.63) is 0 Å². The van der Waals surface area contributed by atoms with Crippen LogP contribution >= 0.6 is 0 Å². The van der Waals surface area contributed by atoms with Crippen LogP contribution in [0.3, 0.4) is 0 Å². The fraction of sp³-hybridized carbons (Fsp3) is 0. The third kappa shape index (κ3) is 208. The Morgan fingerprint density at radius 1 is 0.375 bits per heavy atom. The van der Waals surface area contributed by atoms with Crippen molar-refractivity contribution in [2.24, 2.45) is 0 Å². The largest absolute Gasteiger partial charge is 1.00 e. The molecule has 63 valence electrons. The van der Waals surface area contributed by atoms with Crippen LogP contribution < -0.4 is 0 Å². The Balaban J connectivity index is 0. The van der Waals surface area contributed by atoms with Crippen LogP contribution in [0.2, 0.25) is 0 Å². The summed E-state index contributed by atoms with van der Waals surface area (Å²) in [6.45, 7) is 0. The summed E-state index contributed by atoms with van der Waals surface area (Å²) < 4.78 is 0. The van der Waals surface area contributed by atoms with Crippen molar-refractivity contribution in [2.75, 3.05) is 0 Å². The molecule has 0 aliphatic heterocycles. The van der Waals surface area contributed by atoms with Gasteiger partial charge in [0, 0.05) is 24.4 Å². The molecule has 0 amide bonds. The SMILES string of the molecule is F.F.F.F.F.F.[Ag+].[Sb]. The average molecular weight is 350 g/mol. The van der Waals surface area contributed by atoms with Gasteiger partial charge in [-0.05, 0) is 0 Å². The van der Waals surface area contributed by atoms with E-state index >= 15 is 0 Å². The van der Waals surface area contributed by atoms with Crippen molar-refractivity contribution >= 4 is 24.4 Å². The van der Waals surface area contributed by atoms with Gasteiger partial charge in [-0.2, -0.15) is 0 Å². The van der Waals surface area contributed by atoms with Crippen molar-refractivity contribution in [1.82, 2.24) is 0 Å². The first-order valence-corrected chi connectivity index (χ1v) is 0. The van der Waals surface area contributed by atoms with E-state index < -0.39 is 0 Å². The molecule has 0 nitrogen and oxygen atoms in total. The smallest absolute Gasteiger partial charge is 0.269 e. The van der Waals surface area contributed by atoms with Gasteiger partial charge in [-0.25, -0.2) is 0 Å². The quantitative estimate of drug-likeness (QED) is 0.442. The minimum Gasteiger partial charge on any atom is -0.269 e. The first kappa shape index (κ1) is 467. The van der Waals surface area contributed by atoms with E-state index in [9.17, 15) is 0 Å². The summed E-state index contributed by atoms with van der Waals surface area (Å²) in [5, 5.41) is 0. The van der Waals surface area contributed by atoms with Crippen LogP contribution in [0.25, 0.3) is 0 Å². The third-order valence-corrected chi connectivity index (χ3v) is 0. The van der Waals surface area contributed by atoms with E-state index in [4.69, 9.17) is 0 Å². The van der Waals surface area contributed by atoms with Crippen LogP contribution in [-0.4, -0.2) is 24.4 Å². The Bertz CT molecular complexity index is 8.49. The molecule has 0 atom stereocenters. The van der Waals surface area contributed by atoms with Gasteiger partial charge in [-0.1, -0.05) is 0 Å². The van der Waals surface area contributed by atoms with Crippen LogP contribution in [0.4, 0.5) is 28.2 Å². The normalized spacial score (nSPS) is 0. The van der Waals surface area contributed by atoms with E-state index in [0.29, 0.717) is 0 Å². The molecule has 0 N–H and O–H groups in total. The molecule has 0 unspecified atom stereocenters. The fourth-order valence-corrected chi connectivity index (χ4v) is 0.